The summed E-state index contributed by atoms with van der Waals surface area (Å²) < 4.78 is 48.8. The number of anilines is 3. The minimum Gasteiger partial charge on any atom is -0.384 e. The van der Waals surface area contributed by atoms with Gasteiger partial charge in [-0.25, -0.2) is 18.3 Å². The molecule has 20 heteroatoms. The number of morpholine rings is 1. The quantitative estimate of drug-likeness (QED) is 0.0776. The van der Waals surface area contributed by atoms with Gasteiger partial charge in [0.1, 0.15) is 29.6 Å². The molecule has 1 aliphatic carbocycles. The van der Waals surface area contributed by atoms with Crippen LogP contribution in [0.2, 0.25) is 0 Å². The van der Waals surface area contributed by atoms with E-state index in [0.717, 1.165) is 30.6 Å². The van der Waals surface area contributed by atoms with Crippen molar-refractivity contribution in [3.05, 3.63) is 65.2 Å². The minimum absolute atomic E-state index is 0.0385. The lowest BCUT2D eigenvalue weighted by Gasteiger charge is -2.28. The smallest absolute Gasteiger partial charge is 0.284 e. The van der Waals surface area contributed by atoms with Gasteiger partial charge in [0, 0.05) is 64.0 Å². The molecule has 3 saturated heterocycles. The second-order valence-corrected chi connectivity index (χ2v) is 16.5. The first-order valence-corrected chi connectivity index (χ1v) is 21.2. The number of halogens is 2. The lowest BCUT2D eigenvalue weighted by molar-refractivity contribution is -0.136. The lowest BCUT2D eigenvalue weighted by Crippen LogP contribution is -2.54. The molecule has 0 spiro atoms. The third-order valence-corrected chi connectivity index (χ3v) is 12.4. The van der Waals surface area contributed by atoms with E-state index in [2.05, 4.69) is 38.0 Å². The molecule has 0 radical (unpaired) electrons. The summed E-state index contributed by atoms with van der Waals surface area (Å²) in [6.45, 7) is 5.38. The van der Waals surface area contributed by atoms with Gasteiger partial charge >= 0.3 is 0 Å². The number of fused-ring (bicyclic) bond motifs is 3. The maximum atomic E-state index is 14.2. The number of hydrogen-bond donors (Lipinski definition) is 3. The van der Waals surface area contributed by atoms with Gasteiger partial charge in [0.2, 0.25) is 11.8 Å². The molecule has 1 saturated carbocycles. The second kappa shape index (κ2) is 17.5. The number of carbonyl (C=O) groups excluding carboxylic acids is 5. The van der Waals surface area contributed by atoms with Gasteiger partial charge in [-0.2, -0.15) is 10.2 Å². The number of carbonyl (C=O) groups is 5. The Morgan fingerprint density at radius 2 is 1.81 bits per heavy atom. The number of aromatic nitrogens is 5. The summed E-state index contributed by atoms with van der Waals surface area (Å²) in [4.78, 5) is 71.5. The van der Waals surface area contributed by atoms with Gasteiger partial charge in [-0.15, -0.1) is 0 Å². The van der Waals surface area contributed by atoms with Gasteiger partial charge in [0.15, 0.2) is 11.3 Å². The molecule has 2 unspecified atom stereocenters. The Morgan fingerprint density at radius 3 is 2.58 bits per heavy atom. The Kier molecular flexibility index (Phi) is 11.7. The van der Waals surface area contributed by atoms with Crippen LogP contribution in [0.4, 0.5) is 26.0 Å². The second-order valence-electron chi connectivity index (χ2n) is 16.5. The van der Waals surface area contributed by atoms with Crippen molar-refractivity contribution in [3.8, 4) is 0 Å². The number of rotatable bonds is 17. The Hall–Kier alpha value is -5.86. The summed E-state index contributed by atoms with van der Waals surface area (Å²) in [5.41, 5.74) is 0.923. The number of nitrogens with one attached hydrogen (secondary N) is 3. The fourth-order valence-electron chi connectivity index (χ4n) is 9.04. The van der Waals surface area contributed by atoms with Gasteiger partial charge in [0.05, 0.1) is 35.1 Å². The van der Waals surface area contributed by atoms with Crippen molar-refractivity contribution in [2.24, 2.45) is 5.92 Å². The van der Waals surface area contributed by atoms with Gasteiger partial charge in [-0.3, -0.25) is 38.9 Å². The number of hydrogen-bond acceptors (Lipinski definition) is 13. The van der Waals surface area contributed by atoms with Crippen LogP contribution in [-0.4, -0.2) is 123 Å². The highest BCUT2D eigenvalue weighted by molar-refractivity contribution is 6.25. The molecular formula is C42H48F2N10O8. The summed E-state index contributed by atoms with van der Waals surface area (Å²) in [7, 11) is 0. The molecule has 62 heavy (non-hydrogen) atoms. The van der Waals surface area contributed by atoms with Crippen molar-refractivity contribution in [2.75, 3.05) is 55.1 Å². The van der Waals surface area contributed by atoms with E-state index >= 15 is 0 Å². The van der Waals surface area contributed by atoms with Gasteiger partial charge < -0.3 is 29.7 Å². The number of alkyl halides is 2. The van der Waals surface area contributed by atoms with E-state index in [-0.39, 0.29) is 59.5 Å². The molecule has 7 heterocycles. The topological polar surface area (TPSA) is 207 Å². The van der Waals surface area contributed by atoms with Crippen LogP contribution in [0.25, 0.3) is 5.65 Å². The molecule has 5 aliphatic rings. The number of epoxide rings is 1. The van der Waals surface area contributed by atoms with Gasteiger partial charge in [0.25, 0.3) is 24.1 Å². The zero-order chi connectivity index (χ0) is 43.1. The number of imide groups is 2. The fourth-order valence-corrected chi connectivity index (χ4v) is 9.04. The first-order chi connectivity index (χ1) is 30.0. The highest BCUT2D eigenvalue weighted by Gasteiger charge is 2.53. The molecule has 328 valence electrons. The maximum absolute atomic E-state index is 14.2. The van der Waals surface area contributed by atoms with E-state index in [0.29, 0.717) is 75.4 Å². The highest BCUT2D eigenvalue weighted by Crippen LogP contribution is 2.39. The summed E-state index contributed by atoms with van der Waals surface area (Å²) in [6.07, 6.45) is 6.77. The summed E-state index contributed by atoms with van der Waals surface area (Å²) >= 11 is 0. The first kappa shape index (κ1) is 41.5. The monoisotopic (exact) mass is 858 g/mol. The van der Waals surface area contributed by atoms with Crippen molar-refractivity contribution < 1.29 is 47.0 Å². The molecule has 18 nitrogen and oxygen atoms in total. The van der Waals surface area contributed by atoms with E-state index in [1.165, 1.54) is 16.9 Å². The van der Waals surface area contributed by atoms with Crippen LogP contribution in [0.1, 0.15) is 108 Å². The van der Waals surface area contributed by atoms with Crippen LogP contribution in [-0.2, 0) is 23.8 Å². The van der Waals surface area contributed by atoms with Crippen LogP contribution in [0.5, 0.6) is 0 Å². The zero-order valence-electron chi connectivity index (χ0n) is 34.1. The number of benzene rings is 1. The largest absolute Gasteiger partial charge is 0.384 e. The predicted octanol–water partition coefficient (Wildman–Crippen LogP) is 4.15. The van der Waals surface area contributed by atoms with E-state index in [1.807, 2.05) is 6.07 Å². The van der Waals surface area contributed by atoms with E-state index in [9.17, 15) is 32.8 Å². The fraction of sp³-hybridized carbons (Fsp3) is 0.524. The normalized spacial score (nSPS) is 24.5. The van der Waals surface area contributed by atoms with E-state index in [1.54, 1.807) is 29.1 Å². The molecule has 4 fully saturated rings. The third kappa shape index (κ3) is 8.25. The standard InChI is InChI=1S/C42H48F2N10O8/c1-23-36-31(62-36)21-51(23)32-13-15-52-38(48-32)27(19-46-52)39(56)47-29-20-53(50-35(29)37(43)44)25-9-7-24(8-10-25)22-61-18-4-17-60-16-3-14-45-28-6-2-5-26-34(28)42(59)54(41(26)58)30-11-12-33(55)49-40(30)57/h2,5-6,13,15,19-20,23-25,30-31,36-37,45H,3-4,7-12,14,16-18,21-22H2,1H3,(H,47,56)(H,49,55,57)/t23-,24?,25?,30?,31?,36-/m1/s1. The van der Waals surface area contributed by atoms with Crippen LogP contribution in [0.3, 0.4) is 0 Å². The van der Waals surface area contributed by atoms with Gasteiger partial charge in [-0.05, 0) is 76.0 Å². The first-order valence-electron chi connectivity index (χ1n) is 21.2. The third-order valence-electron chi connectivity index (χ3n) is 12.4. The molecule has 4 aliphatic heterocycles. The van der Waals surface area contributed by atoms with Crippen molar-refractivity contribution in [1.82, 2.24) is 34.6 Å². The molecule has 3 N–H and O–H groups in total. The van der Waals surface area contributed by atoms with Crippen LogP contribution in [0.15, 0.2) is 42.9 Å². The van der Waals surface area contributed by atoms with Crippen LogP contribution < -0.4 is 20.9 Å². The Bertz CT molecular complexity index is 2380. The Morgan fingerprint density at radius 1 is 1.00 bits per heavy atom. The summed E-state index contributed by atoms with van der Waals surface area (Å²) in [5.74, 6) is -1.75. The maximum Gasteiger partial charge on any atom is 0.284 e. The van der Waals surface area contributed by atoms with Crippen LogP contribution in [0, 0.1) is 5.92 Å². The van der Waals surface area contributed by atoms with Crippen molar-refractivity contribution in [1.29, 1.82) is 0 Å². The average Bonchev–Trinajstić information content (AvgIpc) is 3.47. The molecule has 3 aromatic heterocycles. The highest BCUT2D eigenvalue weighted by atomic mass is 19.3. The number of piperidine rings is 1. The molecule has 4 aromatic rings. The number of ether oxygens (including phenoxy) is 3. The Labute approximate surface area is 354 Å². The number of nitrogens with zero attached hydrogens (tertiary/aromatic N) is 7. The minimum atomic E-state index is -2.88. The Balaban J connectivity index is 0.675. The van der Waals surface area contributed by atoms with Crippen molar-refractivity contribution in [3.63, 3.8) is 0 Å². The van der Waals surface area contributed by atoms with E-state index in [4.69, 9.17) is 19.2 Å². The van der Waals surface area contributed by atoms with Crippen molar-refractivity contribution in [2.45, 2.75) is 95.0 Å². The SMILES string of the molecule is C[C@@H]1[C@H]2OC2CN1c1ccn2ncc(C(=O)Nc3cn(C4CCC(COCCCOCCCNc5cccc6c5C(=O)N(C5CCC(=O)NC5=O)C6=O)CC4)nc3C(F)F)c2n1. The molecule has 5 amide bonds. The summed E-state index contributed by atoms with van der Waals surface area (Å²) in [5, 5.41) is 16.5. The van der Waals surface area contributed by atoms with Crippen molar-refractivity contribution >= 4 is 52.4 Å². The average molecular weight is 859 g/mol. The molecule has 1 aromatic carbocycles. The number of amides is 5. The van der Waals surface area contributed by atoms with Crippen LogP contribution >= 0.6 is 0 Å². The predicted molar refractivity (Wildman–Crippen MR) is 217 cm³/mol. The van der Waals surface area contributed by atoms with E-state index < -0.39 is 47.7 Å². The lowest BCUT2D eigenvalue weighted by atomic mass is 9.86. The molecular weight excluding hydrogens is 811 g/mol. The molecule has 0 bridgehead atoms. The zero-order valence-corrected chi connectivity index (χ0v) is 34.1. The molecule has 4 atom stereocenters. The van der Waals surface area contributed by atoms with Gasteiger partial charge in [-0.1, -0.05) is 6.07 Å². The summed E-state index contributed by atoms with van der Waals surface area (Å²) in [6, 6.07) is 5.83. The molecule has 9 rings (SSSR count).